The third-order valence-electron chi connectivity index (χ3n) is 4.67. The molecule has 3 rings (SSSR count). The number of rotatable bonds is 7. The van der Waals surface area contributed by atoms with Crippen LogP contribution < -0.4 is 10.1 Å². The Labute approximate surface area is 164 Å². The number of carbonyl (C=O) groups is 2. The minimum atomic E-state index is -3.01. The zero-order valence-electron chi connectivity index (χ0n) is 15.5. The number of ether oxygens (including phenoxy) is 1. The number of esters is 1. The predicted molar refractivity (Wildman–Crippen MR) is 106 cm³/mol. The van der Waals surface area contributed by atoms with Gasteiger partial charge in [0.15, 0.2) is 9.84 Å². The van der Waals surface area contributed by atoms with Gasteiger partial charge in [-0.05, 0) is 48.6 Å². The van der Waals surface area contributed by atoms with E-state index in [2.05, 4.69) is 5.32 Å². The van der Waals surface area contributed by atoms with Crippen LogP contribution >= 0.6 is 0 Å². The molecule has 148 valence electrons. The Morgan fingerprint density at radius 2 is 1.75 bits per heavy atom. The zero-order valence-corrected chi connectivity index (χ0v) is 16.3. The van der Waals surface area contributed by atoms with E-state index >= 15 is 0 Å². The van der Waals surface area contributed by atoms with Crippen LogP contribution in [0.1, 0.15) is 28.8 Å². The Balaban J connectivity index is 1.45. The van der Waals surface area contributed by atoms with Crippen LogP contribution in [0, 0.1) is 5.92 Å². The van der Waals surface area contributed by atoms with Crippen LogP contribution in [-0.4, -0.2) is 38.3 Å². The van der Waals surface area contributed by atoms with Gasteiger partial charge >= 0.3 is 5.97 Å². The van der Waals surface area contributed by atoms with Gasteiger partial charge in [-0.1, -0.05) is 30.3 Å². The first kappa shape index (κ1) is 20.1. The minimum absolute atomic E-state index is 0.0458. The maximum atomic E-state index is 12.2. The van der Waals surface area contributed by atoms with Crippen LogP contribution in [0.3, 0.4) is 0 Å². The van der Waals surface area contributed by atoms with Crippen LogP contribution in [0.15, 0.2) is 54.6 Å². The largest absolute Gasteiger partial charge is 0.427 e. The Bertz CT molecular complexity index is 923. The van der Waals surface area contributed by atoms with Crippen molar-refractivity contribution in [3.63, 3.8) is 0 Å². The second-order valence-corrected chi connectivity index (χ2v) is 9.19. The summed E-state index contributed by atoms with van der Waals surface area (Å²) >= 11 is 0. The number of hydrogen-bond donors (Lipinski definition) is 1. The van der Waals surface area contributed by atoms with Crippen molar-refractivity contribution in [2.45, 2.75) is 19.3 Å². The van der Waals surface area contributed by atoms with Gasteiger partial charge in [0, 0.05) is 18.5 Å². The summed E-state index contributed by atoms with van der Waals surface area (Å²) in [6, 6.07) is 16.2. The first-order valence-corrected chi connectivity index (χ1v) is 11.1. The summed E-state index contributed by atoms with van der Waals surface area (Å²) in [5.74, 6) is -0.297. The van der Waals surface area contributed by atoms with Gasteiger partial charge in [-0.3, -0.25) is 9.59 Å². The van der Waals surface area contributed by atoms with Gasteiger partial charge in [0.05, 0.1) is 11.5 Å². The van der Waals surface area contributed by atoms with Gasteiger partial charge < -0.3 is 10.1 Å². The lowest BCUT2D eigenvalue weighted by Crippen LogP contribution is -2.25. The van der Waals surface area contributed by atoms with Crippen molar-refractivity contribution < 1.29 is 22.7 Å². The lowest BCUT2D eigenvalue weighted by Gasteiger charge is -2.09. The van der Waals surface area contributed by atoms with Crippen LogP contribution in [-0.2, 0) is 21.1 Å². The quantitative estimate of drug-likeness (QED) is 0.568. The van der Waals surface area contributed by atoms with Gasteiger partial charge in [-0.15, -0.1) is 0 Å². The highest BCUT2D eigenvalue weighted by Crippen LogP contribution is 2.22. The molecule has 0 saturated carbocycles. The predicted octanol–water partition coefficient (Wildman–Crippen LogP) is 2.39. The summed E-state index contributed by atoms with van der Waals surface area (Å²) < 4.78 is 28.1. The van der Waals surface area contributed by atoms with Gasteiger partial charge in [0.2, 0.25) is 0 Å². The van der Waals surface area contributed by atoms with Gasteiger partial charge in [-0.25, -0.2) is 8.42 Å². The summed E-state index contributed by atoms with van der Waals surface area (Å²) in [7, 11) is -3.01. The molecule has 7 heteroatoms. The van der Waals surface area contributed by atoms with Crippen molar-refractivity contribution in [2.75, 3.05) is 18.1 Å². The summed E-state index contributed by atoms with van der Waals surface area (Å²) in [5.41, 5.74) is 1.63. The molecule has 1 heterocycles. The van der Waals surface area contributed by atoms with Crippen LogP contribution in [0.4, 0.5) is 0 Å². The van der Waals surface area contributed by atoms with Gasteiger partial charge in [0.25, 0.3) is 5.91 Å². The van der Waals surface area contributed by atoms with Crippen molar-refractivity contribution in [2.24, 2.45) is 5.92 Å². The van der Waals surface area contributed by atoms with Crippen LogP contribution in [0.25, 0.3) is 0 Å². The van der Waals surface area contributed by atoms with Crippen molar-refractivity contribution in [3.05, 3.63) is 65.7 Å². The molecular weight excluding hydrogens is 378 g/mol. The Kier molecular flexibility index (Phi) is 6.46. The van der Waals surface area contributed by atoms with Crippen LogP contribution in [0.2, 0.25) is 0 Å². The summed E-state index contributed by atoms with van der Waals surface area (Å²) in [5, 5.41) is 2.86. The molecule has 2 aromatic rings. The SMILES string of the molecule is O=C(CC1CCS(=O)(=O)C1)Oc1ccc(C(=O)NCCc2ccccc2)cc1. The van der Waals surface area contributed by atoms with E-state index < -0.39 is 15.8 Å². The fourth-order valence-corrected chi connectivity index (χ4v) is 5.05. The third-order valence-corrected chi connectivity index (χ3v) is 6.51. The second kappa shape index (κ2) is 9.01. The smallest absolute Gasteiger partial charge is 0.311 e. The monoisotopic (exact) mass is 401 g/mol. The molecule has 1 aliphatic rings. The van der Waals surface area contributed by atoms with Gasteiger partial charge in [0.1, 0.15) is 5.75 Å². The Morgan fingerprint density at radius 3 is 2.39 bits per heavy atom. The fraction of sp³-hybridized carbons (Fsp3) is 0.333. The highest BCUT2D eigenvalue weighted by molar-refractivity contribution is 7.91. The van der Waals surface area contributed by atoms with Crippen LogP contribution in [0.5, 0.6) is 5.75 Å². The Morgan fingerprint density at radius 1 is 1.04 bits per heavy atom. The van der Waals surface area contributed by atoms with E-state index in [0.717, 1.165) is 12.0 Å². The molecule has 0 aliphatic carbocycles. The highest BCUT2D eigenvalue weighted by Gasteiger charge is 2.30. The Hall–Kier alpha value is -2.67. The molecule has 28 heavy (non-hydrogen) atoms. The van der Waals surface area contributed by atoms with E-state index in [9.17, 15) is 18.0 Å². The van der Waals surface area contributed by atoms with Crippen molar-refractivity contribution in [3.8, 4) is 5.75 Å². The molecule has 0 spiro atoms. The highest BCUT2D eigenvalue weighted by atomic mass is 32.2. The number of amides is 1. The molecule has 2 aromatic carbocycles. The van der Waals surface area contributed by atoms with Crippen molar-refractivity contribution in [1.29, 1.82) is 0 Å². The summed E-state index contributed by atoms with van der Waals surface area (Å²) in [6.07, 6.45) is 1.33. The first-order valence-electron chi connectivity index (χ1n) is 9.24. The number of hydrogen-bond acceptors (Lipinski definition) is 5. The van der Waals surface area contributed by atoms with E-state index in [4.69, 9.17) is 4.74 Å². The number of nitrogens with one attached hydrogen (secondary N) is 1. The third kappa shape index (κ3) is 5.92. The minimum Gasteiger partial charge on any atom is -0.427 e. The molecule has 1 saturated heterocycles. The first-order chi connectivity index (χ1) is 13.4. The number of carbonyl (C=O) groups excluding carboxylic acids is 2. The molecular formula is C21H23NO5S. The normalized spacial score (nSPS) is 17.8. The van der Waals surface area contributed by atoms with E-state index in [-0.39, 0.29) is 29.8 Å². The molecule has 1 aliphatic heterocycles. The fourth-order valence-electron chi connectivity index (χ4n) is 3.18. The maximum absolute atomic E-state index is 12.2. The molecule has 1 N–H and O–H groups in total. The van der Waals surface area contributed by atoms with Crippen molar-refractivity contribution in [1.82, 2.24) is 5.32 Å². The zero-order chi connectivity index (χ0) is 20.0. The summed E-state index contributed by atoms with van der Waals surface area (Å²) in [4.78, 5) is 24.2. The van der Waals surface area contributed by atoms with E-state index in [1.165, 1.54) is 0 Å². The molecule has 1 amide bonds. The molecule has 6 nitrogen and oxygen atoms in total. The topological polar surface area (TPSA) is 89.5 Å². The maximum Gasteiger partial charge on any atom is 0.311 e. The molecule has 1 atom stereocenters. The van der Waals surface area contributed by atoms with E-state index in [1.54, 1.807) is 24.3 Å². The molecule has 1 fully saturated rings. The van der Waals surface area contributed by atoms with Crippen molar-refractivity contribution >= 4 is 21.7 Å². The number of sulfone groups is 1. The molecule has 1 unspecified atom stereocenters. The molecule has 0 aromatic heterocycles. The standard InChI is InChI=1S/C21H23NO5S/c23-20(14-17-11-13-28(25,26)15-17)27-19-8-6-18(7-9-19)21(24)22-12-10-16-4-2-1-3-5-16/h1-9,17H,10-15H2,(H,22,24). The van der Waals surface area contributed by atoms with Gasteiger partial charge in [-0.2, -0.15) is 0 Å². The van der Waals surface area contributed by atoms with E-state index in [0.29, 0.717) is 24.3 Å². The average Bonchev–Trinajstić information content (AvgIpc) is 3.01. The average molecular weight is 401 g/mol. The molecule has 0 radical (unpaired) electrons. The number of benzene rings is 2. The molecule has 0 bridgehead atoms. The summed E-state index contributed by atoms with van der Waals surface area (Å²) in [6.45, 7) is 0.532. The lowest BCUT2D eigenvalue weighted by atomic mass is 10.1. The van der Waals surface area contributed by atoms with E-state index in [1.807, 2.05) is 30.3 Å². The lowest BCUT2D eigenvalue weighted by molar-refractivity contribution is -0.135. The second-order valence-electron chi connectivity index (χ2n) is 6.96.